The van der Waals surface area contributed by atoms with Gasteiger partial charge in [-0.25, -0.2) is 17.6 Å². The molecule has 0 radical (unpaired) electrons. The maximum atomic E-state index is 14.1. The molecule has 3 amide bonds. The van der Waals surface area contributed by atoms with Gasteiger partial charge in [-0.15, -0.1) is 0 Å². The molecule has 0 saturated carbocycles. The fraction of sp³-hybridized carbons (Fsp3) is 0.565. The molecule has 2 rings (SSSR count). The second kappa shape index (κ2) is 10.9. The first-order chi connectivity index (χ1) is 14.9. The molecule has 0 bridgehead atoms. The molecule has 0 atom stereocenters. The number of nitrogens with zero attached hydrogens (tertiary/aromatic N) is 1. The van der Waals surface area contributed by atoms with E-state index >= 15 is 0 Å². The van der Waals surface area contributed by atoms with Crippen LogP contribution >= 0.6 is 0 Å². The van der Waals surface area contributed by atoms with E-state index in [2.05, 4.69) is 5.32 Å². The van der Waals surface area contributed by atoms with Gasteiger partial charge in [0, 0.05) is 24.9 Å². The maximum Gasteiger partial charge on any atom is 0.324 e. The van der Waals surface area contributed by atoms with Crippen LogP contribution < -0.4 is 10.1 Å². The van der Waals surface area contributed by atoms with Crippen molar-refractivity contribution in [2.24, 2.45) is 5.92 Å². The van der Waals surface area contributed by atoms with Gasteiger partial charge in [0.15, 0.2) is 21.4 Å². The molecule has 1 aliphatic rings. The Balaban J connectivity index is 1.92. The predicted molar refractivity (Wildman–Crippen MR) is 122 cm³/mol. The van der Waals surface area contributed by atoms with Gasteiger partial charge in [-0.2, -0.15) is 0 Å². The van der Waals surface area contributed by atoms with Crippen molar-refractivity contribution >= 4 is 21.8 Å². The molecule has 1 aromatic carbocycles. The first kappa shape index (κ1) is 25.8. The number of carbonyl (C=O) groups is 2. The van der Waals surface area contributed by atoms with Crippen LogP contribution in [0.5, 0.6) is 5.75 Å². The largest absolute Gasteiger partial charge is 0.490 e. The van der Waals surface area contributed by atoms with Crippen molar-refractivity contribution in [1.82, 2.24) is 10.2 Å². The summed E-state index contributed by atoms with van der Waals surface area (Å²) in [6.45, 7) is 8.61. The van der Waals surface area contributed by atoms with E-state index in [1.54, 1.807) is 24.3 Å². The number of hydrogen-bond acceptors (Lipinski definition) is 5. The Bertz CT molecular complexity index is 957. The molecule has 1 fully saturated rings. The van der Waals surface area contributed by atoms with Crippen LogP contribution in [-0.2, 0) is 20.0 Å². The zero-order valence-corrected chi connectivity index (χ0v) is 20.0. The Morgan fingerprint density at radius 3 is 2.62 bits per heavy atom. The number of imide groups is 1. The standard InChI is InChI=1S/C23H33FN2O5S/c1-17(2)15-31-20-14-18(8-9-19(20)24)23(3,4)16-32(29,30)13-7-5-6-11-26-12-10-21(27)25-22(26)28/h5-6,8-9,14,17H,7,10-13,15-16H2,1-4H3,(H,25,27,28)/b6-5+. The predicted octanol–water partition coefficient (Wildman–Crippen LogP) is 3.44. The monoisotopic (exact) mass is 468 g/mol. The molecule has 0 aliphatic carbocycles. The van der Waals surface area contributed by atoms with E-state index in [4.69, 9.17) is 4.74 Å². The van der Waals surface area contributed by atoms with Crippen molar-refractivity contribution in [3.63, 3.8) is 0 Å². The maximum absolute atomic E-state index is 14.1. The number of hydrogen-bond donors (Lipinski definition) is 1. The lowest BCUT2D eigenvalue weighted by molar-refractivity contribution is -0.121. The molecular formula is C23H33FN2O5S. The van der Waals surface area contributed by atoms with Crippen LogP contribution in [0.3, 0.4) is 0 Å². The molecule has 178 valence electrons. The fourth-order valence-electron chi connectivity index (χ4n) is 3.34. The van der Waals surface area contributed by atoms with Crippen LogP contribution in [0.15, 0.2) is 30.4 Å². The van der Waals surface area contributed by atoms with Gasteiger partial charge >= 0.3 is 6.03 Å². The van der Waals surface area contributed by atoms with Crippen molar-refractivity contribution in [3.8, 4) is 5.75 Å². The second-order valence-corrected chi connectivity index (χ2v) is 11.3. The van der Waals surface area contributed by atoms with Crippen molar-refractivity contribution in [2.45, 2.75) is 46.0 Å². The average molecular weight is 469 g/mol. The van der Waals surface area contributed by atoms with E-state index in [0.29, 0.717) is 31.7 Å². The molecule has 32 heavy (non-hydrogen) atoms. The highest BCUT2D eigenvalue weighted by molar-refractivity contribution is 7.91. The number of urea groups is 1. The van der Waals surface area contributed by atoms with Gasteiger partial charge in [0.25, 0.3) is 0 Å². The molecule has 1 heterocycles. The number of nitrogens with one attached hydrogen (secondary N) is 1. The molecule has 0 spiro atoms. The third-order valence-electron chi connectivity index (χ3n) is 5.10. The normalized spacial score (nSPS) is 15.5. The van der Waals surface area contributed by atoms with E-state index in [9.17, 15) is 22.4 Å². The number of benzene rings is 1. The molecule has 0 unspecified atom stereocenters. The van der Waals surface area contributed by atoms with Crippen molar-refractivity contribution in [2.75, 3.05) is 31.2 Å². The molecule has 1 saturated heterocycles. The van der Waals surface area contributed by atoms with Crippen LogP contribution in [0.2, 0.25) is 0 Å². The Morgan fingerprint density at radius 2 is 1.97 bits per heavy atom. The topological polar surface area (TPSA) is 92.8 Å². The molecule has 0 aromatic heterocycles. The smallest absolute Gasteiger partial charge is 0.324 e. The highest BCUT2D eigenvalue weighted by Gasteiger charge is 2.29. The van der Waals surface area contributed by atoms with Gasteiger partial charge in [-0.05, 0) is 30.0 Å². The lowest BCUT2D eigenvalue weighted by atomic mass is 9.86. The molecule has 7 nitrogen and oxygen atoms in total. The van der Waals surface area contributed by atoms with Crippen LogP contribution in [0.1, 0.15) is 46.1 Å². The van der Waals surface area contributed by atoms with Gasteiger partial charge in [-0.3, -0.25) is 10.1 Å². The number of carbonyl (C=O) groups excluding carboxylic acids is 2. The first-order valence-corrected chi connectivity index (χ1v) is 12.6. The SMILES string of the molecule is CC(C)COc1cc(C(C)(C)CS(=O)(=O)CC/C=C/CN2CCC(=O)NC2=O)ccc1F. The van der Waals surface area contributed by atoms with E-state index in [1.807, 2.05) is 27.7 Å². The molecule has 1 aliphatic heterocycles. The summed E-state index contributed by atoms with van der Waals surface area (Å²) in [6.07, 6.45) is 4.04. The number of ether oxygens (including phenoxy) is 1. The Labute approximate surface area is 189 Å². The second-order valence-electron chi connectivity index (χ2n) is 9.14. The Morgan fingerprint density at radius 1 is 1.25 bits per heavy atom. The van der Waals surface area contributed by atoms with E-state index in [1.165, 1.54) is 11.0 Å². The summed E-state index contributed by atoms with van der Waals surface area (Å²) in [7, 11) is -3.38. The van der Waals surface area contributed by atoms with Crippen LogP contribution in [0.25, 0.3) is 0 Å². The first-order valence-electron chi connectivity index (χ1n) is 10.8. The third-order valence-corrected chi connectivity index (χ3v) is 7.12. The van der Waals surface area contributed by atoms with Crippen molar-refractivity contribution in [1.29, 1.82) is 0 Å². The zero-order valence-electron chi connectivity index (χ0n) is 19.2. The number of halogens is 1. The van der Waals surface area contributed by atoms with E-state index in [0.717, 1.165) is 0 Å². The number of allylic oxidation sites excluding steroid dienone is 1. The Kier molecular flexibility index (Phi) is 8.83. The number of rotatable bonds is 11. The van der Waals surface area contributed by atoms with Gasteiger partial charge in [-0.1, -0.05) is 45.9 Å². The quantitative estimate of drug-likeness (QED) is 0.502. The highest BCUT2D eigenvalue weighted by Crippen LogP contribution is 2.30. The molecule has 1 N–H and O–H groups in total. The van der Waals surface area contributed by atoms with Gasteiger partial charge in [0.1, 0.15) is 0 Å². The van der Waals surface area contributed by atoms with Crippen LogP contribution in [0.4, 0.5) is 9.18 Å². The van der Waals surface area contributed by atoms with Crippen LogP contribution in [0, 0.1) is 11.7 Å². The van der Waals surface area contributed by atoms with Crippen LogP contribution in [-0.4, -0.2) is 56.5 Å². The lowest BCUT2D eigenvalue weighted by Crippen LogP contribution is -2.49. The summed E-state index contributed by atoms with van der Waals surface area (Å²) in [4.78, 5) is 24.3. The molecule has 1 aromatic rings. The highest BCUT2D eigenvalue weighted by atomic mass is 32.2. The summed E-state index contributed by atoms with van der Waals surface area (Å²) >= 11 is 0. The summed E-state index contributed by atoms with van der Waals surface area (Å²) in [6, 6.07) is 4.06. The van der Waals surface area contributed by atoms with Crippen molar-refractivity contribution < 1.29 is 27.1 Å². The molecule has 9 heteroatoms. The summed E-state index contributed by atoms with van der Waals surface area (Å²) < 4.78 is 45.0. The zero-order chi connectivity index (χ0) is 23.9. The van der Waals surface area contributed by atoms with E-state index < -0.39 is 27.1 Å². The lowest BCUT2D eigenvalue weighted by Gasteiger charge is -2.26. The summed E-state index contributed by atoms with van der Waals surface area (Å²) in [5.74, 6) is -0.497. The van der Waals surface area contributed by atoms with Gasteiger partial charge in [0.05, 0.1) is 18.1 Å². The summed E-state index contributed by atoms with van der Waals surface area (Å²) in [5.41, 5.74) is -0.0209. The molecular weight excluding hydrogens is 435 g/mol. The number of sulfone groups is 1. The average Bonchev–Trinajstić information content (AvgIpc) is 2.67. The minimum Gasteiger partial charge on any atom is -0.490 e. The minimum atomic E-state index is -3.38. The number of amides is 3. The third kappa shape index (κ3) is 7.93. The van der Waals surface area contributed by atoms with Gasteiger partial charge in [0.2, 0.25) is 5.91 Å². The fourth-order valence-corrected chi connectivity index (χ4v) is 5.24. The minimum absolute atomic E-state index is 0.0322. The van der Waals surface area contributed by atoms with Crippen molar-refractivity contribution in [3.05, 3.63) is 41.7 Å². The van der Waals surface area contributed by atoms with Gasteiger partial charge < -0.3 is 9.64 Å². The summed E-state index contributed by atoms with van der Waals surface area (Å²) in [5, 5.41) is 2.24. The van der Waals surface area contributed by atoms with E-state index in [-0.39, 0.29) is 35.5 Å². The Hall–Kier alpha value is -2.42.